The summed E-state index contributed by atoms with van der Waals surface area (Å²) in [5.74, 6) is 0. The highest BCUT2D eigenvalue weighted by atomic mass is 14.7. The highest BCUT2D eigenvalue weighted by molar-refractivity contribution is 5.96. The number of aromatic nitrogens is 2. The normalized spacial score (nSPS) is 12.2. The maximum absolute atomic E-state index is 7.48. The standard InChI is InChI=1S/C11H8N2/c1-2-4-10-8(3-1)9-7-12-6-5-11(9)13-10/h1-7,12H/i/hD. The third kappa shape index (κ3) is 0.855. The number of fused-ring (bicyclic) bond motifs is 3. The summed E-state index contributed by atoms with van der Waals surface area (Å²) in [5.41, 5.74) is 2.99. The van der Waals surface area contributed by atoms with Crippen molar-refractivity contribution < 1.29 is 1.41 Å². The van der Waals surface area contributed by atoms with Gasteiger partial charge in [-0.2, -0.15) is 0 Å². The van der Waals surface area contributed by atoms with Crippen molar-refractivity contribution in [1.82, 2.24) is 9.96 Å². The molecule has 2 heteroatoms. The van der Waals surface area contributed by atoms with Gasteiger partial charge in [0.25, 0.3) is 0 Å². The maximum atomic E-state index is 7.48. The number of pyridine rings is 1. The zero-order valence-corrected chi connectivity index (χ0v) is 6.94. The molecule has 0 spiro atoms. The summed E-state index contributed by atoms with van der Waals surface area (Å²) in [6, 6.07) is 9.85. The lowest BCUT2D eigenvalue weighted by atomic mass is 10.1. The highest BCUT2D eigenvalue weighted by Gasteiger charge is 2.08. The molecular formula is C11H8N2. The van der Waals surface area contributed by atoms with Gasteiger partial charge in [-0.3, -0.25) is 0 Å². The number of benzene rings is 1. The first-order valence-electron chi connectivity index (χ1n) is 4.65. The Labute approximate surface area is 77.0 Å². The lowest BCUT2D eigenvalue weighted by Crippen LogP contribution is -1.76. The first-order chi connectivity index (χ1) is 6.84. The Bertz CT molecular complexity index is 571. The first-order valence-corrected chi connectivity index (χ1v) is 4.20. The van der Waals surface area contributed by atoms with Gasteiger partial charge < -0.3 is 4.98 Å². The third-order valence-corrected chi connectivity index (χ3v) is 2.23. The molecule has 0 amide bonds. The minimum absolute atomic E-state index is 0.953. The predicted molar refractivity (Wildman–Crippen MR) is 52.7 cm³/mol. The van der Waals surface area contributed by atoms with Gasteiger partial charge in [0.05, 0.1) is 11.2 Å². The van der Waals surface area contributed by atoms with Crippen LogP contribution in [0.3, 0.4) is 0 Å². The minimum atomic E-state index is 0.953. The summed E-state index contributed by atoms with van der Waals surface area (Å²) in [4.78, 5) is 5.76. The number of hydrogen-bond donors (Lipinski definition) is 1. The Morgan fingerprint density at radius 1 is 1.23 bits per heavy atom. The van der Waals surface area contributed by atoms with E-state index < -0.39 is 0 Å². The number of aromatic amines is 1. The third-order valence-electron chi connectivity index (χ3n) is 2.23. The predicted octanol–water partition coefficient (Wildman–Crippen LogP) is 2.67. The van der Waals surface area contributed by atoms with Crippen LogP contribution < -0.4 is 0 Å². The Balaban J connectivity index is 2.52. The number of H-pyrrole nitrogens is 1. The van der Waals surface area contributed by atoms with Crippen LogP contribution in [-0.2, 0) is 0 Å². The Kier molecular flexibility index (Phi) is 1.03. The first kappa shape index (κ1) is 5.75. The molecule has 0 saturated carbocycles. The van der Waals surface area contributed by atoms with Crippen molar-refractivity contribution in [3.63, 3.8) is 0 Å². The van der Waals surface area contributed by atoms with Crippen LogP contribution in [0.1, 0.15) is 0 Å². The number of nitrogens with zero attached hydrogens (tertiary/aromatic N) is 1. The molecule has 0 unspecified atom stereocenters. The summed E-state index contributed by atoms with van der Waals surface area (Å²) >= 11 is 0. The van der Waals surface area contributed by atoms with Gasteiger partial charge in [-0.1, -0.05) is 18.2 Å². The van der Waals surface area contributed by atoms with E-state index in [9.17, 15) is 0 Å². The van der Waals surface area contributed by atoms with Crippen molar-refractivity contribution in [2.45, 2.75) is 0 Å². The molecule has 0 saturated heterocycles. The summed E-state index contributed by atoms with van der Waals surface area (Å²) in [5, 5.41) is 1.11. The molecule has 0 aliphatic carbocycles. The van der Waals surface area contributed by atoms with Gasteiger partial charge in [0.2, 0.25) is 0 Å². The molecule has 0 radical (unpaired) electrons. The minimum Gasteiger partial charge on any atom is -0.367 e. The summed E-state index contributed by atoms with van der Waals surface area (Å²) in [6.45, 7) is 0. The van der Waals surface area contributed by atoms with Gasteiger partial charge in [-0.05, 0) is 12.1 Å². The smallest absolute Gasteiger partial charge is 0.165 e. The number of hydrogen-bond acceptors (Lipinski definition) is 1. The van der Waals surface area contributed by atoms with Crippen LogP contribution in [0.2, 0.25) is 1.41 Å². The summed E-state index contributed by atoms with van der Waals surface area (Å²) in [6.07, 6.45) is 3.47. The largest absolute Gasteiger partial charge is 0.367 e. The molecule has 13 heavy (non-hydrogen) atoms. The van der Waals surface area contributed by atoms with Crippen molar-refractivity contribution in [2.75, 3.05) is 0 Å². The Morgan fingerprint density at radius 2 is 2.15 bits per heavy atom. The van der Waals surface area contributed by atoms with Crippen molar-refractivity contribution >= 4 is 10.9 Å². The van der Waals surface area contributed by atoms with Crippen LogP contribution >= 0.6 is 0 Å². The van der Waals surface area contributed by atoms with E-state index in [-0.39, 0.29) is 0 Å². The van der Waals surface area contributed by atoms with Crippen molar-refractivity contribution in [3.8, 4) is 11.3 Å². The van der Waals surface area contributed by atoms with E-state index in [4.69, 9.17) is 1.41 Å². The Hall–Kier alpha value is -1.83. The number of nitrogens with one attached hydrogen (secondary N) is 1. The molecule has 0 atom stereocenters. The fourth-order valence-corrected chi connectivity index (χ4v) is 1.62. The molecule has 1 aromatic carbocycles. The lowest BCUT2D eigenvalue weighted by Gasteiger charge is -1.94. The van der Waals surface area contributed by atoms with Gasteiger partial charge in [-0.25, -0.2) is 4.98 Å². The summed E-state index contributed by atoms with van der Waals surface area (Å²) in [7, 11) is 0. The molecule has 2 heterocycles. The molecule has 1 aromatic rings. The number of para-hydroxylation sites is 1. The molecule has 0 bridgehead atoms. The zero-order valence-electron chi connectivity index (χ0n) is 7.94. The van der Waals surface area contributed by atoms with Crippen LogP contribution in [0.15, 0.2) is 42.7 Å². The van der Waals surface area contributed by atoms with E-state index in [0.29, 0.717) is 0 Å². The molecular weight excluding hydrogens is 160 g/mol. The molecule has 2 aliphatic heterocycles. The fraction of sp³-hybridized carbons (Fsp3) is 0. The SMILES string of the molecule is [2H]n1ccc2nc3ccccc3c-2c1. The van der Waals surface area contributed by atoms with Crippen LogP contribution in [-0.4, -0.2) is 9.96 Å². The topological polar surface area (TPSA) is 28.7 Å². The molecule has 0 fully saturated rings. The van der Waals surface area contributed by atoms with Gasteiger partial charge in [0.15, 0.2) is 1.41 Å². The second kappa shape index (κ2) is 2.33. The van der Waals surface area contributed by atoms with E-state index in [1.807, 2.05) is 30.3 Å². The average Bonchev–Trinajstić information content (AvgIpc) is 2.56. The quantitative estimate of drug-likeness (QED) is 0.550. The van der Waals surface area contributed by atoms with E-state index in [1.165, 1.54) is 4.98 Å². The van der Waals surface area contributed by atoms with Crippen LogP contribution in [0.5, 0.6) is 0 Å². The monoisotopic (exact) mass is 169 g/mol. The van der Waals surface area contributed by atoms with E-state index in [1.54, 1.807) is 12.4 Å². The van der Waals surface area contributed by atoms with Crippen molar-refractivity contribution in [3.05, 3.63) is 42.7 Å². The molecule has 62 valence electrons. The molecule has 3 rings (SSSR count). The Morgan fingerprint density at radius 3 is 3.15 bits per heavy atom. The number of rotatable bonds is 0. The van der Waals surface area contributed by atoms with E-state index in [2.05, 4.69) is 4.98 Å². The van der Waals surface area contributed by atoms with E-state index in [0.717, 1.165) is 22.2 Å². The molecule has 2 aliphatic rings. The fourth-order valence-electron chi connectivity index (χ4n) is 1.62. The van der Waals surface area contributed by atoms with Gasteiger partial charge in [0, 0.05) is 23.3 Å². The molecule has 2 nitrogen and oxygen atoms in total. The van der Waals surface area contributed by atoms with Crippen molar-refractivity contribution in [2.24, 2.45) is 0 Å². The van der Waals surface area contributed by atoms with Gasteiger partial charge in [-0.15, -0.1) is 0 Å². The summed E-state index contributed by atoms with van der Waals surface area (Å²) < 4.78 is 7.48. The van der Waals surface area contributed by atoms with Gasteiger partial charge >= 0.3 is 0 Å². The highest BCUT2D eigenvalue weighted by Crippen LogP contribution is 2.29. The maximum Gasteiger partial charge on any atom is 0.165 e. The van der Waals surface area contributed by atoms with Crippen LogP contribution in [0.25, 0.3) is 22.2 Å². The van der Waals surface area contributed by atoms with Crippen LogP contribution in [0.4, 0.5) is 0 Å². The average molecular weight is 169 g/mol. The second-order valence-corrected chi connectivity index (χ2v) is 3.02. The molecule has 0 aromatic heterocycles. The van der Waals surface area contributed by atoms with Crippen LogP contribution in [0, 0.1) is 0 Å². The lowest BCUT2D eigenvalue weighted by molar-refractivity contribution is 1.31. The van der Waals surface area contributed by atoms with Crippen molar-refractivity contribution in [1.29, 1.82) is 0 Å². The zero-order chi connectivity index (χ0) is 9.54. The van der Waals surface area contributed by atoms with Gasteiger partial charge in [0.1, 0.15) is 0 Å². The second-order valence-electron chi connectivity index (χ2n) is 3.02. The van der Waals surface area contributed by atoms with E-state index >= 15 is 0 Å². The molecule has 1 N–H and O–H groups in total.